The molecule has 0 atom stereocenters. The highest BCUT2D eigenvalue weighted by atomic mass is 16.5. The third-order valence-electron chi connectivity index (χ3n) is 7.71. The topological polar surface area (TPSA) is 154 Å². The Kier molecular flexibility index (Phi) is 6.61. The maximum Gasteiger partial charge on any atom is 0.255 e. The van der Waals surface area contributed by atoms with Crippen LogP contribution in [0.15, 0.2) is 61.2 Å². The van der Waals surface area contributed by atoms with Crippen molar-refractivity contribution in [3.8, 4) is 22.9 Å². The number of benzene rings is 1. The van der Waals surface area contributed by atoms with Gasteiger partial charge in [-0.15, -0.1) is 0 Å². The first-order valence-electron chi connectivity index (χ1n) is 13.6. The van der Waals surface area contributed by atoms with Crippen LogP contribution in [0.3, 0.4) is 0 Å². The van der Waals surface area contributed by atoms with Gasteiger partial charge in [-0.25, -0.2) is 14.5 Å². The Hall–Kier alpha value is -4.51. The highest BCUT2D eigenvalue weighted by molar-refractivity contribution is 6.00. The Bertz CT molecular complexity index is 1600. The minimum Gasteiger partial charge on any atom is -0.490 e. The molecular weight excluding hydrogens is 524 g/mol. The third kappa shape index (κ3) is 5.58. The molecule has 3 heterocycles. The Labute approximate surface area is 236 Å². The number of ether oxygens (including phenoxy) is 2. The number of pyridine rings is 1. The molecule has 0 saturated heterocycles. The zero-order chi connectivity index (χ0) is 28.8. The van der Waals surface area contributed by atoms with Crippen LogP contribution >= 0.6 is 0 Å². The molecule has 2 saturated carbocycles. The lowest BCUT2D eigenvalue weighted by molar-refractivity contribution is -0.0834. The number of hydrogen-bond acceptors (Lipinski definition) is 8. The molecule has 0 radical (unpaired) electrons. The van der Waals surface area contributed by atoms with E-state index in [2.05, 4.69) is 20.4 Å². The number of rotatable bonds is 9. The average molecular weight is 557 g/mol. The van der Waals surface area contributed by atoms with Gasteiger partial charge in [0.2, 0.25) is 0 Å². The Morgan fingerprint density at radius 2 is 1.88 bits per heavy atom. The van der Waals surface area contributed by atoms with Crippen molar-refractivity contribution in [1.82, 2.24) is 24.9 Å². The van der Waals surface area contributed by atoms with Gasteiger partial charge in [0.1, 0.15) is 18.1 Å². The largest absolute Gasteiger partial charge is 0.490 e. The lowest BCUT2D eigenvalue weighted by atomic mass is 9.53. The minimum absolute atomic E-state index is 0.0378. The van der Waals surface area contributed by atoms with Crippen LogP contribution in [0.25, 0.3) is 16.9 Å². The summed E-state index contributed by atoms with van der Waals surface area (Å²) in [5.74, 6) is 0.824. The summed E-state index contributed by atoms with van der Waals surface area (Å²) in [6.45, 7) is 3.48. The van der Waals surface area contributed by atoms with Gasteiger partial charge in [-0.2, -0.15) is 5.10 Å². The van der Waals surface area contributed by atoms with Gasteiger partial charge >= 0.3 is 0 Å². The molecule has 11 heteroatoms. The Morgan fingerprint density at radius 3 is 2.59 bits per heavy atom. The maximum atomic E-state index is 13.0. The number of hydrogen-bond donors (Lipinski definition) is 3. The zero-order valence-electron chi connectivity index (χ0n) is 22.9. The first-order chi connectivity index (χ1) is 19.6. The molecule has 4 N–H and O–H groups in total. The molecule has 2 aliphatic carbocycles. The van der Waals surface area contributed by atoms with Crippen molar-refractivity contribution < 1.29 is 24.2 Å². The maximum absolute atomic E-state index is 13.0. The first-order valence-corrected chi connectivity index (χ1v) is 13.6. The Morgan fingerprint density at radius 1 is 1.12 bits per heavy atom. The van der Waals surface area contributed by atoms with E-state index in [0.29, 0.717) is 34.0 Å². The number of nitrogens with two attached hydrogens (primary N) is 1. The summed E-state index contributed by atoms with van der Waals surface area (Å²) < 4.78 is 13.4. The molecule has 0 bridgehead atoms. The van der Waals surface area contributed by atoms with Gasteiger partial charge in [0, 0.05) is 24.0 Å². The second-order valence-electron chi connectivity index (χ2n) is 11.7. The van der Waals surface area contributed by atoms with E-state index in [1.807, 2.05) is 0 Å². The predicted octanol–water partition coefficient (Wildman–Crippen LogP) is 3.16. The molecular formula is C30H32N6O5. The molecule has 1 spiro atoms. The highest BCUT2D eigenvalue weighted by Crippen LogP contribution is 2.57. The summed E-state index contributed by atoms with van der Waals surface area (Å²) in [5, 5.41) is 17.3. The fourth-order valence-corrected chi connectivity index (χ4v) is 5.75. The second kappa shape index (κ2) is 10.2. The molecule has 2 fully saturated rings. The van der Waals surface area contributed by atoms with Crippen molar-refractivity contribution in [2.75, 3.05) is 6.61 Å². The van der Waals surface area contributed by atoms with E-state index >= 15 is 0 Å². The Balaban J connectivity index is 1.03. The van der Waals surface area contributed by atoms with Crippen molar-refractivity contribution in [1.29, 1.82) is 0 Å². The number of aromatic nitrogens is 4. The quantitative estimate of drug-likeness (QED) is 0.284. The van der Waals surface area contributed by atoms with Crippen molar-refractivity contribution in [2.24, 2.45) is 11.1 Å². The van der Waals surface area contributed by atoms with E-state index in [1.54, 1.807) is 79.5 Å². The number of carbonyl (C=O) groups excluding carboxylic acids is 2. The smallest absolute Gasteiger partial charge is 0.255 e. The number of amides is 2. The number of nitrogens with one attached hydrogen (secondary N) is 1. The fraction of sp³-hybridized carbons (Fsp3) is 0.367. The first kappa shape index (κ1) is 26.7. The molecule has 4 aromatic rings. The van der Waals surface area contributed by atoms with Gasteiger partial charge < -0.3 is 25.6 Å². The summed E-state index contributed by atoms with van der Waals surface area (Å²) in [4.78, 5) is 33.6. The van der Waals surface area contributed by atoms with E-state index in [-0.39, 0.29) is 30.1 Å². The molecule has 2 amide bonds. The summed E-state index contributed by atoms with van der Waals surface area (Å²) in [7, 11) is 0. The molecule has 1 aromatic carbocycles. The van der Waals surface area contributed by atoms with Gasteiger partial charge in [-0.05, 0) is 75.3 Å². The summed E-state index contributed by atoms with van der Waals surface area (Å²) in [5.41, 5.74) is 7.02. The summed E-state index contributed by atoms with van der Waals surface area (Å²) in [6, 6.07) is 10.5. The lowest BCUT2D eigenvalue weighted by Crippen LogP contribution is -2.58. The normalized spacial score (nSPS) is 21.6. The number of aliphatic hydroxyl groups is 1. The lowest BCUT2D eigenvalue weighted by Gasteiger charge is -2.57. The van der Waals surface area contributed by atoms with Gasteiger partial charge in [0.05, 0.1) is 40.7 Å². The molecule has 11 nitrogen and oxygen atoms in total. The van der Waals surface area contributed by atoms with E-state index in [1.165, 1.54) is 0 Å². The van der Waals surface area contributed by atoms with Gasteiger partial charge in [-0.1, -0.05) is 6.07 Å². The van der Waals surface area contributed by atoms with Gasteiger partial charge in [0.15, 0.2) is 5.82 Å². The van der Waals surface area contributed by atoms with Crippen molar-refractivity contribution in [3.05, 3.63) is 72.3 Å². The number of carbonyl (C=O) groups is 2. The SMILES string of the molecule is CC(C)(O)COc1ccc2c(C(=O)NC3CC4(C3)CC(Oc3cc(-c5ncccn5)ccc3C(N)=O)C4)cnn2c1. The van der Waals surface area contributed by atoms with Crippen molar-refractivity contribution in [2.45, 2.75) is 57.3 Å². The van der Waals surface area contributed by atoms with Crippen LogP contribution < -0.4 is 20.5 Å². The standard InChI is InChI=1S/C30H32N6O5/c1-29(2,39)17-40-20-5-7-24-23(15-34-36(24)16-20)28(38)35-19-11-30(12-19)13-21(14-30)41-25-10-18(4-6-22(25)26(31)37)27-32-8-3-9-33-27/h3-10,15-16,19,21,39H,11-14,17H2,1-2H3,(H2,31,37)(H,35,38). The van der Waals surface area contributed by atoms with Crippen LogP contribution in [0.5, 0.6) is 11.5 Å². The number of fused-ring (bicyclic) bond motifs is 1. The summed E-state index contributed by atoms with van der Waals surface area (Å²) >= 11 is 0. The molecule has 212 valence electrons. The van der Waals surface area contributed by atoms with Crippen LogP contribution in [0.4, 0.5) is 0 Å². The van der Waals surface area contributed by atoms with Gasteiger partial charge in [0.25, 0.3) is 11.8 Å². The van der Waals surface area contributed by atoms with Gasteiger partial charge in [-0.3, -0.25) is 9.59 Å². The average Bonchev–Trinajstić information content (AvgIpc) is 3.33. The third-order valence-corrected chi connectivity index (χ3v) is 7.71. The number of nitrogens with zero attached hydrogens (tertiary/aromatic N) is 4. The number of primary amides is 1. The molecule has 0 unspecified atom stereocenters. The molecule has 41 heavy (non-hydrogen) atoms. The van der Waals surface area contributed by atoms with Crippen molar-refractivity contribution in [3.63, 3.8) is 0 Å². The monoisotopic (exact) mass is 556 g/mol. The molecule has 6 rings (SSSR count). The molecule has 0 aliphatic heterocycles. The van der Waals surface area contributed by atoms with Crippen molar-refractivity contribution >= 4 is 17.3 Å². The van der Waals surface area contributed by atoms with E-state index < -0.39 is 11.5 Å². The summed E-state index contributed by atoms with van der Waals surface area (Å²) in [6.07, 6.45) is 9.95. The van der Waals surface area contributed by atoms with Crippen LogP contribution in [0.1, 0.15) is 60.2 Å². The van der Waals surface area contributed by atoms with E-state index in [0.717, 1.165) is 31.2 Å². The molecule has 2 aliphatic rings. The van der Waals surface area contributed by atoms with Crippen LogP contribution in [0.2, 0.25) is 0 Å². The predicted molar refractivity (Wildman–Crippen MR) is 150 cm³/mol. The highest BCUT2D eigenvalue weighted by Gasteiger charge is 2.54. The van der Waals surface area contributed by atoms with Crippen LogP contribution in [0, 0.1) is 5.41 Å². The molecule has 3 aromatic heterocycles. The second-order valence-corrected chi connectivity index (χ2v) is 11.7. The van der Waals surface area contributed by atoms with Crippen LogP contribution in [-0.4, -0.2) is 60.9 Å². The van der Waals surface area contributed by atoms with E-state index in [4.69, 9.17) is 15.2 Å². The minimum atomic E-state index is -0.952. The zero-order valence-corrected chi connectivity index (χ0v) is 22.9. The fourth-order valence-electron chi connectivity index (χ4n) is 5.75. The van der Waals surface area contributed by atoms with Crippen LogP contribution in [-0.2, 0) is 0 Å². The van der Waals surface area contributed by atoms with E-state index in [9.17, 15) is 14.7 Å².